The SMILES string of the molecule is CC(C)(CCc1ccc(Oc2ccc(C(N)=O)cc2)cc1)NCC(O)COc1cccc2n[nH]nc12. The standard InChI is InChI=1S/C27H31N5O4/c1-27(2,29-16-20(33)17-35-24-5-3-4-23-25(24)31-32-30-23)15-14-18-6-10-21(11-7-18)36-22-12-8-19(9-13-22)26(28)34/h3-13,20,29,33H,14-17H2,1-2H3,(H2,28,34)(H,30,31,32). The number of fused-ring (bicyclic) bond motifs is 1. The Morgan fingerprint density at radius 2 is 1.75 bits per heavy atom. The summed E-state index contributed by atoms with van der Waals surface area (Å²) in [7, 11) is 0. The smallest absolute Gasteiger partial charge is 0.248 e. The van der Waals surface area contributed by atoms with Gasteiger partial charge < -0.3 is 25.6 Å². The van der Waals surface area contributed by atoms with Crippen molar-refractivity contribution in [3.05, 3.63) is 77.9 Å². The third-order valence-electron chi connectivity index (χ3n) is 5.89. The van der Waals surface area contributed by atoms with Crippen LogP contribution in [0.5, 0.6) is 17.2 Å². The van der Waals surface area contributed by atoms with Crippen LogP contribution in [0.4, 0.5) is 0 Å². The average Bonchev–Trinajstić information content (AvgIpc) is 3.36. The molecule has 4 rings (SSSR count). The number of aliphatic hydroxyl groups is 1. The van der Waals surface area contributed by atoms with Crippen LogP contribution in [0.15, 0.2) is 66.7 Å². The number of aliphatic hydroxyl groups excluding tert-OH is 1. The maximum absolute atomic E-state index is 11.2. The number of primary amides is 1. The molecule has 188 valence electrons. The van der Waals surface area contributed by atoms with Gasteiger partial charge in [0, 0.05) is 17.6 Å². The lowest BCUT2D eigenvalue weighted by Gasteiger charge is -2.28. The van der Waals surface area contributed by atoms with Crippen molar-refractivity contribution in [1.82, 2.24) is 20.7 Å². The van der Waals surface area contributed by atoms with E-state index in [1.165, 1.54) is 5.56 Å². The molecular formula is C27H31N5O4. The number of aryl methyl sites for hydroxylation is 1. The van der Waals surface area contributed by atoms with Gasteiger partial charge >= 0.3 is 0 Å². The number of rotatable bonds is 12. The van der Waals surface area contributed by atoms with E-state index in [1.807, 2.05) is 42.5 Å². The second-order valence-corrected chi connectivity index (χ2v) is 9.31. The highest BCUT2D eigenvalue weighted by atomic mass is 16.5. The molecule has 0 bridgehead atoms. The number of H-pyrrole nitrogens is 1. The van der Waals surface area contributed by atoms with Crippen LogP contribution in [0.1, 0.15) is 36.2 Å². The van der Waals surface area contributed by atoms with Gasteiger partial charge in [-0.3, -0.25) is 4.79 Å². The fourth-order valence-electron chi connectivity index (χ4n) is 3.69. The monoisotopic (exact) mass is 489 g/mol. The molecule has 1 aromatic heterocycles. The zero-order valence-corrected chi connectivity index (χ0v) is 20.4. The van der Waals surface area contributed by atoms with Crippen LogP contribution in [-0.4, -0.2) is 51.2 Å². The molecule has 0 spiro atoms. The Bertz CT molecular complexity index is 1290. The molecule has 36 heavy (non-hydrogen) atoms. The Kier molecular flexibility index (Phi) is 7.82. The molecule has 0 radical (unpaired) electrons. The third kappa shape index (κ3) is 6.80. The van der Waals surface area contributed by atoms with Gasteiger partial charge in [-0.15, -0.1) is 0 Å². The zero-order chi connectivity index (χ0) is 25.5. The molecule has 0 fully saturated rings. The van der Waals surface area contributed by atoms with Crippen molar-refractivity contribution in [3.8, 4) is 17.2 Å². The molecule has 3 aromatic carbocycles. The van der Waals surface area contributed by atoms with Crippen LogP contribution in [-0.2, 0) is 6.42 Å². The van der Waals surface area contributed by atoms with Crippen LogP contribution in [0.2, 0.25) is 0 Å². The average molecular weight is 490 g/mol. The zero-order valence-electron chi connectivity index (χ0n) is 20.4. The lowest BCUT2D eigenvalue weighted by Crippen LogP contribution is -2.45. The Morgan fingerprint density at radius 1 is 1.06 bits per heavy atom. The number of amides is 1. The number of benzene rings is 3. The van der Waals surface area contributed by atoms with Crippen LogP contribution in [0, 0.1) is 0 Å². The van der Waals surface area contributed by atoms with Crippen LogP contribution >= 0.6 is 0 Å². The first-order chi connectivity index (χ1) is 17.3. The second-order valence-electron chi connectivity index (χ2n) is 9.31. The van der Waals surface area contributed by atoms with Crippen molar-refractivity contribution >= 4 is 16.9 Å². The molecule has 4 aromatic rings. The highest BCUT2D eigenvalue weighted by Gasteiger charge is 2.19. The molecular weight excluding hydrogens is 458 g/mol. The lowest BCUT2D eigenvalue weighted by molar-refractivity contribution is 0.0988. The number of ether oxygens (including phenoxy) is 2. The van der Waals surface area contributed by atoms with Crippen molar-refractivity contribution in [2.24, 2.45) is 5.73 Å². The van der Waals surface area contributed by atoms with Crippen molar-refractivity contribution in [2.75, 3.05) is 13.2 Å². The highest BCUT2D eigenvalue weighted by Crippen LogP contribution is 2.24. The van der Waals surface area contributed by atoms with E-state index in [4.69, 9.17) is 15.2 Å². The van der Waals surface area contributed by atoms with Gasteiger partial charge in [0.25, 0.3) is 0 Å². The molecule has 1 unspecified atom stereocenters. The van der Waals surface area contributed by atoms with Crippen molar-refractivity contribution in [2.45, 2.75) is 38.3 Å². The number of para-hydroxylation sites is 1. The van der Waals surface area contributed by atoms with E-state index in [9.17, 15) is 9.90 Å². The van der Waals surface area contributed by atoms with Crippen molar-refractivity contribution in [1.29, 1.82) is 0 Å². The van der Waals surface area contributed by atoms with Gasteiger partial charge in [-0.2, -0.15) is 15.4 Å². The van der Waals surface area contributed by atoms with E-state index in [1.54, 1.807) is 24.3 Å². The van der Waals surface area contributed by atoms with Gasteiger partial charge in [-0.25, -0.2) is 0 Å². The van der Waals surface area contributed by atoms with Gasteiger partial charge in [0.2, 0.25) is 5.91 Å². The summed E-state index contributed by atoms with van der Waals surface area (Å²) in [6, 6.07) is 20.1. The summed E-state index contributed by atoms with van der Waals surface area (Å²) in [5.41, 5.74) is 8.09. The Hall–Kier alpha value is -3.95. The van der Waals surface area contributed by atoms with Gasteiger partial charge in [-0.1, -0.05) is 18.2 Å². The summed E-state index contributed by atoms with van der Waals surface area (Å²) in [5.74, 6) is 1.48. The molecule has 0 aliphatic carbocycles. The van der Waals surface area contributed by atoms with E-state index in [0.717, 1.165) is 18.4 Å². The third-order valence-corrected chi connectivity index (χ3v) is 5.89. The topological polar surface area (TPSA) is 135 Å². The molecule has 1 atom stereocenters. The number of hydrogen-bond acceptors (Lipinski definition) is 7. The Morgan fingerprint density at radius 3 is 2.44 bits per heavy atom. The molecule has 0 saturated carbocycles. The number of hydrogen-bond donors (Lipinski definition) is 4. The number of carbonyl (C=O) groups is 1. The minimum Gasteiger partial charge on any atom is -0.488 e. The highest BCUT2D eigenvalue weighted by molar-refractivity contribution is 5.92. The van der Waals surface area contributed by atoms with Crippen molar-refractivity contribution in [3.63, 3.8) is 0 Å². The van der Waals surface area contributed by atoms with E-state index < -0.39 is 12.0 Å². The van der Waals surface area contributed by atoms with E-state index >= 15 is 0 Å². The summed E-state index contributed by atoms with van der Waals surface area (Å²) < 4.78 is 11.6. The number of nitrogens with two attached hydrogens (primary N) is 1. The minimum atomic E-state index is -0.667. The molecule has 5 N–H and O–H groups in total. The van der Waals surface area contributed by atoms with Gasteiger partial charge in [0.05, 0.1) is 0 Å². The lowest BCUT2D eigenvalue weighted by atomic mass is 9.95. The quantitative estimate of drug-likeness (QED) is 0.239. The van der Waals surface area contributed by atoms with Crippen LogP contribution in [0.3, 0.4) is 0 Å². The molecule has 0 saturated heterocycles. The van der Waals surface area contributed by atoms with Crippen LogP contribution in [0.25, 0.3) is 11.0 Å². The first kappa shape index (κ1) is 25.2. The molecule has 9 nitrogen and oxygen atoms in total. The summed E-state index contributed by atoms with van der Waals surface area (Å²) in [5, 5.41) is 24.5. The fourth-order valence-corrected chi connectivity index (χ4v) is 3.69. The summed E-state index contributed by atoms with van der Waals surface area (Å²) in [6.07, 6.45) is 1.09. The minimum absolute atomic E-state index is 0.155. The van der Waals surface area contributed by atoms with Gasteiger partial charge in [0.15, 0.2) is 5.52 Å². The Balaban J connectivity index is 1.20. The number of nitrogens with zero attached hydrogens (tertiary/aromatic N) is 2. The van der Waals surface area contributed by atoms with E-state index in [-0.39, 0.29) is 12.1 Å². The van der Waals surface area contributed by atoms with E-state index in [0.29, 0.717) is 34.9 Å². The predicted octanol–water partition coefficient (Wildman–Crippen LogP) is 3.59. The largest absolute Gasteiger partial charge is 0.488 e. The molecule has 1 heterocycles. The second kappa shape index (κ2) is 11.2. The number of β-amino-alcohol motifs (C(OH)–C–C–N with tert-alkyl or cyclic N) is 1. The fraction of sp³-hybridized carbons (Fsp3) is 0.296. The first-order valence-corrected chi connectivity index (χ1v) is 11.8. The normalized spacial score (nSPS) is 12.4. The van der Waals surface area contributed by atoms with Crippen LogP contribution < -0.4 is 20.5 Å². The Labute approximate surface area is 209 Å². The maximum atomic E-state index is 11.2. The van der Waals surface area contributed by atoms with Gasteiger partial charge in [-0.05, 0) is 80.8 Å². The number of nitrogens with one attached hydrogen (secondary N) is 2. The van der Waals surface area contributed by atoms with Gasteiger partial charge in [0.1, 0.15) is 35.5 Å². The summed E-state index contributed by atoms with van der Waals surface area (Å²) in [6.45, 7) is 4.79. The number of carbonyl (C=O) groups excluding carboxylic acids is 1. The predicted molar refractivity (Wildman–Crippen MR) is 137 cm³/mol. The maximum Gasteiger partial charge on any atom is 0.248 e. The number of aromatic amines is 1. The van der Waals surface area contributed by atoms with Crippen molar-refractivity contribution < 1.29 is 19.4 Å². The summed E-state index contributed by atoms with van der Waals surface area (Å²) >= 11 is 0. The number of aromatic nitrogens is 3. The first-order valence-electron chi connectivity index (χ1n) is 11.8. The molecule has 1 amide bonds. The summed E-state index contributed by atoms with van der Waals surface area (Å²) in [4.78, 5) is 11.2. The molecule has 9 heteroatoms. The molecule has 0 aliphatic rings. The van der Waals surface area contributed by atoms with E-state index in [2.05, 4.69) is 34.6 Å². The molecule has 0 aliphatic heterocycles.